The maximum atomic E-state index is 12.1. The van der Waals surface area contributed by atoms with Crippen LogP contribution < -0.4 is 4.72 Å². The number of halogens is 1. The molecule has 2 rings (SSSR count). The van der Waals surface area contributed by atoms with Gasteiger partial charge in [0.2, 0.25) is 10.0 Å². The van der Waals surface area contributed by atoms with E-state index in [1.54, 1.807) is 12.1 Å². The van der Waals surface area contributed by atoms with Crippen molar-refractivity contribution in [2.24, 2.45) is 0 Å². The fraction of sp³-hybridized carbons (Fsp3) is 0.714. The molecule has 0 unspecified atom stereocenters. The summed E-state index contributed by atoms with van der Waals surface area (Å²) in [6.07, 6.45) is 7.43. The maximum Gasteiger partial charge on any atom is 0.250 e. The van der Waals surface area contributed by atoms with E-state index >= 15 is 0 Å². The summed E-state index contributed by atoms with van der Waals surface area (Å²) >= 11 is 4.53. The predicted molar refractivity (Wildman–Crippen MR) is 91.3 cm³/mol. The SMILES string of the molecule is CN(CCCNS(=O)(=O)c1ccc(Br)s1)C1CCCCC1. The van der Waals surface area contributed by atoms with Gasteiger partial charge in [-0.05, 0) is 60.9 Å². The molecule has 4 nitrogen and oxygen atoms in total. The quantitative estimate of drug-likeness (QED) is 0.720. The average Bonchev–Trinajstić information content (AvgIpc) is 2.92. The second kappa shape index (κ2) is 8.06. The summed E-state index contributed by atoms with van der Waals surface area (Å²) in [4.78, 5) is 2.38. The molecule has 0 aliphatic heterocycles. The first-order valence-corrected chi connectivity index (χ1v) is 10.5. The zero-order valence-electron chi connectivity index (χ0n) is 12.3. The van der Waals surface area contributed by atoms with Crippen LogP contribution >= 0.6 is 27.3 Å². The molecular formula is C14H23BrN2O2S2. The van der Waals surface area contributed by atoms with Crippen molar-refractivity contribution in [1.29, 1.82) is 0 Å². The Morgan fingerprint density at radius 3 is 2.67 bits per heavy atom. The summed E-state index contributed by atoms with van der Waals surface area (Å²) < 4.78 is 28.0. The van der Waals surface area contributed by atoms with E-state index in [-0.39, 0.29) is 0 Å². The Bertz CT molecular complexity index is 539. The van der Waals surface area contributed by atoms with E-state index < -0.39 is 10.0 Å². The molecule has 0 radical (unpaired) electrons. The van der Waals surface area contributed by atoms with Crippen LogP contribution in [0.2, 0.25) is 0 Å². The van der Waals surface area contributed by atoms with Crippen LogP contribution in [-0.2, 0) is 10.0 Å². The zero-order chi connectivity index (χ0) is 15.3. The van der Waals surface area contributed by atoms with Crippen LogP contribution in [0.3, 0.4) is 0 Å². The molecule has 1 aliphatic carbocycles. The Kier molecular flexibility index (Phi) is 6.68. The maximum absolute atomic E-state index is 12.1. The molecule has 0 atom stereocenters. The number of hydrogen-bond donors (Lipinski definition) is 1. The van der Waals surface area contributed by atoms with Gasteiger partial charge in [-0.1, -0.05) is 19.3 Å². The van der Waals surface area contributed by atoms with Crippen molar-refractivity contribution in [2.45, 2.75) is 48.8 Å². The molecular weight excluding hydrogens is 372 g/mol. The zero-order valence-corrected chi connectivity index (χ0v) is 15.6. The predicted octanol–water partition coefficient (Wildman–Crippen LogP) is 3.44. The van der Waals surface area contributed by atoms with E-state index in [0.29, 0.717) is 16.8 Å². The lowest BCUT2D eigenvalue weighted by atomic mass is 9.94. The van der Waals surface area contributed by atoms with E-state index in [1.165, 1.54) is 43.4 Å². The Balaban J connectivity index is 1.71. The fourth-order valence-electron chi connectivity index (χ4n) is 2.75. The van der Waals surface area contributed by atoms with Gasteiger partial charge in [-0.15, -0.1) is 11.3 Å². The van der Waals surface area contributed by atoms with Gasteiger partial charge in [0.05, 0.1) is 3.79 Å². The minimum absolute atomic E-state index is 0.370. The molecule has 1 aromatic rings. The van der Waals surface area contributed by atoms with Gasteiger partial charge >= 0.3 is 0 Å². The van der Waals surface area contributed by atoms with Gasteiger partial charge in [-0.3, -0.25) is 0 Å². The van der Waals surface area contributed by atoms with Crippen molar-refractivity contribution in [3.05, 3.63) is 15.9 Å². The van der Waals surface area contributed by atoms with Gasteiger partial charge in [-0.25, -0.2) is 13.1 Å². The van der Waals surface area contributed by atoms with Gasteiger partial charge in [0, 0.05) is 12.6 Å². The summed E-state index contributed by atoms with van der Waals surface area (Å²) in [6.45, 7) is 1.44. The summed E-state index contributed by atoms with van der Waals surface area (Å²) in [5, 5.41) is 0. The minimum Gasteiger partial charge on any atom is -0.303 e. The van der Waals surface area contributed by atoms with Gasteiger partial charge in [0.15, 0.2) is 0 Å². The largest absolute Gasteiger partial charge is 0.303 e. The van der Waals surface area contributed by atoms with Crippen molar-refractivity contribution < 1.29 is 8.42 Å². The highest BCUT2D eigenvalue weighted by atomic mass is 79.9. The summed E-state index contributed by atoms with van der Waals surface area (Å²) in [5.41, 5.74) is 0. The highest BCUT2D eigenvalue weighted by molar-refractivity contribution is 9.11. The highest BCUT2D eigenvalue weighted by Crippen LogP contribution is 2.25. The second-order valence-electron chi connectivity index (χ2n) is 5.58. The monoisotopic (exact) mass is 394 g/mol. The third-order valence-corrected chi connectivity index (χ3v) is 7.57. The molecule has 1 aliphatic rings. The molecule has 1 saturated carbocycles. The highest BCUT2D eigenvalue weighted by Gasteiger charge is 2.18. The van der Waals surface area contributed by atoms with Crippen molar-refractivity contribution in [3.8, 4) is 0 Å². The number of hydrogen-bond acceptors (Lipinski definition) is 4. The first-order chi connectivity index (χ1) is 9.99. The van der Waals surface area contributed by atoms with E-state index in [4.69, 9.17) is 0 Å². The molecule has 1 heterocycles. The van der Waals surface area contributed by atoms with Crippen LogP contribution in [0, 0.1) is 0 Å². The lowest BCUT2D eigenvalue weighted by Crippen LogP contribution is -2.35. The van der Waals surface area contributed by atoms with Crippen molar-refractivity contribution in [2.75, 3.05) is 20.1 Å². The van der Waals surface area contributed by atoms with E-state index in [1.807, 2.05) is 0 Å². The lowest BCUT2D eigenvalue weighted by Gasteiger charge is -2.31. The van der Waals surface area contributed by atoms with Crippen LogP contribution in [-0.4, -0.2) is 39.5 Å². The van der Waals surface area contributed by atoms with Crippen molar-refractivity contribution in [1.82, 2.24) is 9.62 Å². The number of sulfonamides is 1. The first kappa shape index (κ1) is 17.4. The lowest BCUT2D eigenvalue weighted by molar-refractivity contribution is 0.190. The normalized spacial score (nSPS) is 17.5. The second-order valence-corrected chi connectivity index (χ2v) is 10.0. The smallest absolute Gasteiger partial charge is 0.250 e. The molecule has 21 heavy (non-hydrogen) atoms. The third kappa shape index (κ3) is 5.32. The molecule has 120 valence electrons. The molecule has 0 spiro atoms. The molecule has 0 amide bonds. The molecule has 0 saturated heterocycles. The Morgan fingerprint density at radius 1 is 1.33 bits per heavy atom. The van der Waals surface area contributed by atoms with E-state index in [0.717, 1.165) is 16.8 Å². The van der Waals surface area contributed by atoms with Crippen LogP contribution in [0.1, 0.15) is 38.5 Å². The van der Waals surface area contributed by atoms with Gasteiger partial charge < -0.3 is 4.90 Å². The van der Waals surface area contributed by atoms with Crippen molar-refractivity contribution >= 4 is 37.3 Å². The molecule has 1 N–H and O–H groups in total. The van der Waals surface area contributed by atoms with Crippen LogP contribution in [0.4, 0.5) is 0 Å². The van der Waals surface area contributed by atoms with E-state index in [9.17, 15) is 8.42 Å². The molecule has 0 bridgehead atoms. The van der Waals surface area contributed by atoms with Crippen LogP contribution in [0.5, 0.6) is 0 Å². The Morgan fingerprint density at radius 2 is 2.05 bits per heavy atom. The van der Waals surface area contributed by atoms with Crippen LogP contribution in [0.15, 0.2) is 20.1 Å². The molecule has 0 aromatic carbocycles. The van der Waals surface area contributed by atoms with Gasteiger partial charge in [0.1, 0.15) is 4.21 Å². The van der Waals surface area contributed by atoms with Gasteiger partial charge in [-0.2, -0.15) is 0 Å². The first-order valence-electron chi connectivity index (χ1n) is 7.44. The summed E-state index contributed by atoms with van der Waals surface area (Å²) in [7, 11) is -1.19. The molecule has 1 aromatic heterocycles. The average molecular weight is 395 g/mol. The van der Waals surface area contributed by atoms with E-state index in [2.05, 4.69) is 32.6 Å². The third-order valence-electron chi connectivity index (χ3n) is 3.99. The summed E-state index contributed by atoms with van der Waals surface area (Å²) in [5.74, 6) is 0. The van der Waals surface area contributed by atoms with Crippen molar-refractivity contribution in [3.63, 3.8) is 0 Å². The number of nitrogens with zero attached hydrogens (tertiary/aromatic N) is 1. The molecule has 7 heteroatoms. The minimum atomic E-state index is -3.34. The Hall–Kier alpha value is 0.0500. The molecule has 1 fully saturated rings. The standard InChI is InChI=1S/C14H23BrN2O2S2/c1-17(12-6-3-2-4-7-12)11-5-10-16-21(18,19)14-9-8-13(15)20-14/h8-9,12,16H,2-7,10-11H2,1H3. The number of nitrogens with one attached hydrogen (secondary N) is 1. The van der Waals surface area contributed by atoms with Gasteiger partial charge in [0.25, 0.3) is 0 Å². The van der Waals surface area contributed by atoms with Crippen LogP contribution in [0.25, 0.3) is 0 Å². The fourth-order valence-corrected chi connectivity index (χ4v) is 5.88. The Labute approximate surface area is 140 Å². The number of thiophene rings is 1. The summed E-state index contributed by atoms with van der Waals surface area (Å²) in [6, 6.07) is 4.07. The topological polar surface area (TPSA) is 49.4 Å². The number of rotatable bonds is 7.